The lowest BCUT2D eigenvalue weighted by Gasteiger charge is -2.31. The lowest BCUT2D eigenvalue weighted by atomic mass is 9.73. The number of carbonyl (C=O) groups is 1. The number of aryl methyl sites for hydroxylation is 1. The molecular weight excluding hydrogens is 336 g/mol. The summed E-state index contributed by atoms with van der Waals surface area (Å²) < 4.78 is 5.03. The van der Waals surface area contributed by atoms with E-state index in [9.17, 15) is 9.90 Å². The number of aliphatic hydroxyl groups is 1. The van der Waals surface area contributed by atoms with Gasteiger partial charge in [0.15, 0.2) is 0 Å². The Morgan fingerprint density at radius 3 is 2.44 bits per heavy atom. The molecule has 2 aromatic carbocycles. The molecule has 0 spiro atoms. The second-order valence-corrected chi connectivity index (χ2v) is 7.67. The second-order valence-electron chi connectivity index (χ2n) is 7.67. The predicted octanol–water partition coefficient (Wildman–Crippen LogP) is 5.81. The van der Waals surface area contributed by atoms with Crippen LogP contribution in [0.1, 0.15) is 65.4 Å². The van der Waals surface area contributed by atoms with Crippen LogP contribution in [-0.2, 0) is 10.2 Å². The first kappa shape index (κ1) is 19.0. The van der Waals surface area contributed by atoms with Gasteiger partial charge in [-0.2, -0.15) is 0 Å². The molecule has 0 saturated heterocycles. The number of rotatable bonds is 4. The van der Waals surface area contributed by atoms with Crippen LogP contribution in [0.3, 0.4) is 0 Å². The third kappa shape index (κ3) is 3.55. The van der Waals surface area contributed by atoms with E-state index in [-0.39, 0.29) is 11.4 Å². The average molecular weight is 362 g/mol. The molecule has 1 N–H and O–H groups in total. The maximum absolute atomic E-state index is 11.8. The van der Waals surface area contributed by atoms with Crippen molar-refractivity contribution in [2.24, 2.45) is 0 Å². The van der Waals surface area contributed by atoms with Crippen molar-refractivity contribution in [1.29, 1.82) is 0 Å². The predicted molar refractivity (Wildman–Crippen MR) is 110 cm³/mol. The van der Waals surface area contributed by atoms with Crippen LogP contribution in [-0.4, -0.2) is 17.7 Å². The van der Waals surface area contributed by atoms with Crippen molar-refractivity contribution in [3.05, 3.63) is 82.4 Å². The summed E-state index contributed by atoms with van der Waals surface area (Å²) in [5, 5.41) is 10.4. The molecule has 0 fully saturated rings. The topological polar surface area (TPSA) is 46.5 Å². The van der Waals surface area contributed by atoms with Gasteiger partial charge in [-0.3, -0.25) is 0 Å². The Morgan fingerprint density at radius 1 is 1.19 bits per heavy atom. The molecule has 0 unspecified atom stereocenters. The van der Waals surface area contributed by atoms with E-state index >= 15 is 0 Å². The summed E-state index contributed by atoms with van der Waals surface area (Å²) in [6.07, 6.45) is 2.71. The summed E-state index contributed by atoms with van der Waals surface area (Å²) in [7, 11) is 0. The van der Waals surface area contributed by atoms with Gasteiger partial charge in [-0.25, -0.2) is 4.79 Å². The molecule has 1 aliphatic carbocycles. The van der Waals surface area contributed by atoms with Gasteiger partial charge in [0.2, 0.25) is 0 Å². The highest BCUT2D eigenvalue weighted by Gasteiger charge is 2.29. The van der Waals surface area contributed by atoms with Crippen LogP contribution < -0.4 is 0 Å². The highest BCUT2D eigenvalue weighted by molar-refractivity contribution is 5.90. The van der Waals surface area contributed by atoms with Gasteiger partial charge < -0.3 is 9.84 Å². The summed E-state index contributed by atoms with van der Waals surface area (Å²) in [6.45, 7) is 12.9. The zero-order chi connectivity index (χ0) is 19.8. The van der Waals surface area contributed by atoms with Gasteiger partial charge in [0.25, 0.3) is 0 Å². The molecule has 0 bridgehead atoms. The van der Waals surface area contributed by atoms with Crippen molar-refractivity contribution >= 4 is 17.3 Å². The zero-order valence-corrected chi connectivity index (χ0v) is 16.4. The van der Waals surface area contributed by atoms with Gasteiger partial charge in [0.05, 0.1) is 12.2 Å². The van der Waals surface area contributed by atoms with Crippen LogP contribution in [0, 0.1) is 6.92 Å². The quantitative estimate of drug-likeness (QED) is 0.698. The van der Waals surface area contributed by atoms with E-state index in [1.807, 2.05) is 24.3 Å². The fraction of sp³-hybridized carbons (Fsp3) is 0.292. The van der Waals surface area contributed by atoms with Crippen LogP contribution in [0.15, 0.2) is 49.1 Å². The Hall–Kier alpha value is -2.81. The Labute approximate surface area is 161 Å². The minimum absolute atomic E-state index is 0.00647. The van der Waals surface area contributed by atoms with Gasteiger partial charge in [0.1, 0.15) is 5.76 Å². The summed E-state index contributed by atoms with van der Waals surface area (Å²) in [6, 6.07) is 11.5. The molecule has 3 nitrogen and oxygen atoms in total. The first-order chi connectivity index (χ1) is 12.7. The highest BCUT2D eigenvalue weighted by atomic mass is 16.5. The molecule has 0 aromatic heterocycles. The number of aliphatic hydroxyl groups excluding tert-OH is 1. The number of esters is 1. The Morgan fingerprint density at radius 2 is 1.81 bits per heavy atom. The lowest BCUT2D eigenvalue weighted by molar-refractivity contribution is 0.0526. The highest BCUT2D eigenvalue weighted by Crippen LogP contribution is 2.40. The number of hydrogen-bond donors (Lipinski definition) is 1. The molecule has 0 radical (unpaired) electrons. The van der Waals surface area contributed by atoms with Crippen LogP contribution >= 0.6 is 0 Å². The number of benzene rings is 2. The molecule has 0 saturated carbocycles. The molecule has 0 amide bonds. The number of carbonyl (C=O) groups excluding carboxylic acids is 1. The van der Waals surface area contributed by atoms with E-state index < -0.39 is 0 Å². The fourth-order valence-corrected chi connectivity index (χ4v) is 3.55. The Kier molecular flexibility index (Phi) is 4.97. The molecule has 0 heterocycles. The molecular formula is C24H26O3. The lowest BCUT2D eigenvalue weighted by Crippen LogP contribution is -2.22. The van der Waals surface area contributed by atoms with Crippen LogP contribution in [0.5, 0.6) is 0 Å². The summed E-state index contributed by atoms with van der Waals surface area (Å²) in [5.41, 5.74) is 6.47. The molecule has 140 valence electrons. The number of allylic oxidation sites excluding steroid dienone is 1. The maximum Gasteiger partial charge on any atom is 0.338 e. The minimum Gasteiger partial charge on any atom is -0.508 e. The SMILES string of the molecule is C=C(c1ccc(C(=O)OCC)cc1)c1cc2c(cc1C)C(C)(C)CC=C2O. The van der Waals surface area contributed by atoms with Crippen LogP contribution in [0.2, 0.25) is 0 Å². The van der Waals surface area contributed by atoms with E-state index in [1.165, 1.54) is 0 Å². The Bertz CT molecular complexity index is 931. The number of hydrogen-bond acceptors (Lipinski definition) is 3. The van der Waals surface area contributed by atoms with Crippen molar-refractivity contribution in [2.75, 3.05) is 6.61 Å². The third-order valence-corrected chi connectivity index (χ3v) is 5.24. The molecule has 3 heteroatoms. The van der Waals surface area contributed by atoms with Gasteiger partial charge in [0, 0.05) is 5.56 Å². The smallest absolute Gasteiger partial charge is 0.338 e. The first-order valence-electron chi connectivity index (χ1n) is 9.26. The van der Waals surface area contributed by atoms with E-state index in [0.717, 1.165) is 39.8 Å². The largest absolute Gasteiger partial charge is 0.508 e. The normalized spacial score (nSPS) is 14.9. The Balaban J connectivity index is 1.98. The van der Waals surface area contributed by atoms with Crippen molar-refractivity contribution in [2.45, 2.75) is 39.5 Å². The van der Waals surface area contributed by atoms with E-state index in [1.54, 1.807) is 19.1 Å². The summed E-state index contributed by atoms with van der Waals surface area (Å²) in [5.74, 6) is 0.00736. The molecule has 2 aromatic rings. The van der Waals surface area contributed by atoms with Gasteiger partial charge in [-0.1, -0.05) is 38.6 Å². The molecule has 3 rings (SSSR count). The van der Waals surface area contributed by atoms with Crippen molar-refractivity contribution in [1.82, 2.24) is 0 Å². The van der Waals surface area contributed by atoms with E-state index in [2.05, 4.69) is 33.4 Å². The van der Waals surface area contributed by atoms with E-state index in [4.69, 9.17) is 4.74 Å². The third-order valence-electron chi connectivity index (χ3n) is 5.24. The monoisotopic (exact) mass is 362 g/mol. The molecule has 0 atom stereocenters. The number of fused-ring (bicyclic) bond motifs is 1. The summed E-state index contributed by atoms with van der Waals surface area (Å²) >= 11 is 0. The molecule has 27 heavy (non-hydrogen) atoms. The molecule has 1 aliphatic rings. The van der Waals surface area contributed by atoms with Crippen molar-refractivity contribution < 1.29 is 14.6 Å². The van der Waals surface area contributed by atoms with E-state index in [0.29, 0.717) is 17.9 Å². The maximum atomic E-state index is 11.8. The van der Waals surface area contributed by atoms with Gasteiger partial charge in [-0.15, -0.1) is 0 Å². The van der Waals surface area contributed by atoms with Gasteiger partial charge >= 0.3 is 5.97 Å². The minimum atomic E-state index is -0.322. The fourth-order valence-electron chi connectivity index (χ4n) is 3.55. The van der Waals surface area contributed by atoms with Gasteiger partial charge in [-0.05, 0) is 77.8 Å². The van der Waals surface area contributed by atoms with Crippen LogP contribution in [0.4, 0.5) is 0 Å². The average Bonchev–Trinajstić information content (AvgIpc) is 2.65. The van der Waals surface area contributed by atoms with Crippen molar-refractivity contribution in [3.8, 4) is 0 Å². The molecule has 0 aliphatic heterocycles. The zero-order valence-electron chi connectivity index (χ0n) is 16.4. The van der Waals surface area contributed by atoms with Crippen LogP contribution in [0.25, 0.3) is 11.3 Å². The standard InChI is InChI=1S/C24H26O3/c1-6-27-23(26)18-9-7-17(8-10-18)16(3)19-14-20-21(13-15(19)2)24(4,5)12-11-22(20)25/h7-11,13-14,25H,3,6,12H2,1-2,4-5H3. The second kappa shape index (κ2) is 7.07. The summed E-state index contributed by atoms with van der Waals surface area (Å²) in [4.78, 5) is 11.8. The van der Waals surface area contributed by atoms with Crippen molar-refractivity contribution in [3.63, 3.8) is 0 Å². The first-order valence-corrected chi connectivity index (χ1v) is 9.26. The number of ether oxygens (including phenoxy) is 1.